The van der Waals surface area contributed by atoms with E-state index in [1.165, 1.54) is 11.7 Å². The van der Waals surface area contributed by atoms with Crippen molar-refractivity contribution >= 4 is 23.2 Å². The Hall–Kier alpha value is -4.66. The maximum Gasteiger partial charge on any atom is 0.271 e. The van der Waals surface area contributed by atoms with E-state index in [0.717, 1.165) is 16.7 Å². The van der Waals surface area contributed by atoms with Crippen LogP contribution in [-0.4, -0.2) is 37.7 Å². The predicted octanol–water partition coefficient (Wildman–Crippen LogP) is 3.50. The Kier molecular flexibility index (Phi) is 6.83. The first-order valence-corrected chi connectivity index (χ1v) is 10.6. The molecule has 9 heteroatoms. The van der Waals surface area contributed by atoms with Crippen LogP contribution in [0.25, 0.3) is 11.4 Å². The van der Waals surface area contributed by atoms with E-state index in [9.17, 15) is 9.59 Å². The van der Waals surface area contributed by atoms with Gasteiger partial charge in [-0.05, 0) is 47.5 Å². The Morgan fingerprint density at radius 3 is 2.41 bits per heavy atom. The third-order valence-corrected chi connectivity index (χ3v) is 4.95. The number of anilines is 1. The second-order valence-electron chi connectivity index (χ2n) is 7.61. The molecule has 0 aliphatic rings. The topological polar surface area (TPSA) is 114 Å². The van der Waals surface area contributed by atoms with Gasteiger partial charge in [0.1, 0.15) is 0 Å². The Labute approximate surface area is 196 Å². The molecule has 0 aliphatic carbocycles. The van der Waals surface area contributed by atoms with Gasteiger partial charge >= 0.3 is 0 Å². The van der Waals surface area contributed by atoms with Gasteiger partial charge < -0.3 is 5.32 Å². The van der Waals surface area contributed by atoms with Crippen LogP contribution in [0.15, 0.2) is 84.0 Å². The highest BCUT2D eigenvalue weighted by Gasteiger charge is 2.08. The number of carbonyl (C=O) groups is 2. The average Bonchev–Trinajstić information content (AvgIpc) is 3.31. The number of rotatable bonds is 7. The van der Waals surface area contributed by atoms with Gasteiger partial charge in [0.25, 0.3) is 5.91 Å². The molecule has 2 amide bonds. The largest absolute Gasteiger partial charge is 0.326 e. The van der Waals surface area contributed by atoms with Gasteiger partial charge in [0.2, 0.25) is 11.7 Å². The number of benzene rings is 3. The van der Waals surface area contributed by atoms with Crippen LogP contribution in [0.2, 0.25) is 0 Å². The highest BCUT2D eigenvalue weighted by Crippen LogP contribution is 2.13. The summed E-state index contributed by atoms with van der Waals surface area (Å²) in [4.78, 5) is 25.3. The van der Waals surface area contributed by atoms with E-state index in [-0.39, 0.29) is 11.8 Å². The lowest BCUT2D eigenvalue weighted by Gasteiger charge is -2.07. The van der Waals surface area contributed by atoms with Gasteiger partial charge in [-0.25, -0.2) is 5.43 Å². The second kappa shape index (κ2) is 10.3. The van der Waals surface area contributed by atoms with E-state index in [4.69, 9.17) is 0 Å². The molecule has 0 bridgehead atoms. The number of hydrazone groups is 1. The lowest BCUT2D eigenvalue weighted by molar-refractivity contribution is -0.114. The summed E-state index contributed by atoms with van der Waals surface area (Å²) in [7, 11) is 0. The van der Waals surface area contributed by atoms with Crippen LogP contribution < -0.4 is 10.7 Å². The zero-order valence-corrected chi connectivity index (χ0v) is 18.8. The second-order valence-corrected chi connectivity index (χ2v) is 7.61. The van der Waals surface area contributed by atoms with Gasteiger partial charge in [-0.3, -0.25) is 9.59 Å². The lowest BCUT2D eigenvalue weighted by Crippen LogP contribution is -2.19. The number of carbonyl (C=O) groups excluding carboxylic acids is 2. The monoisotopic (exact) mass is 453 g/mol. The van der Waals surface area contributed by atoms with Crippen molar-refractivity contribution < 1.29 is 9.59 Å². The van der Waals surface area contributed by atoms with E-state index >= 15 is 0 Å². The number of nitrogens with one attached hydrogen (secondary N) is 2. The number of amides is 2. The third-order valence-electron chi connectivity index (χ3n) is 4.95. The highest BCUT2D eigenvalue weighted by atomic mass is 16.2. The highest BCUT2D eigenvalue weighted by molar-refractivity contribution is 6.02. The molecule has 4 rings (SSSR count). The molecule has 2 N–H and O–H groups in total. The number of aromatic nitrogens is 4. The molecule has 0 aliphatic heterocycles. The van der Waals surface area contributed by atoms with Crippen LogP contribution in [0.4, 0.5) is 5.69 Å². The minimum atomic E-state index is -0.325. The molecule has 3 aromatic carbocycles. The van der Waals surface area contributed by atoms with E-state index in [1.807, 2.05) is 54.6 Å². The SMILES string of the molecule is CC(=O)Nc1cccc(/C(C)=N/NC(=O)c2ccc(Cn3nnc(-c4ccccc4)n3)cc2)c1. The summed E-state index contributed by atoms with van der Waals surface area (Å²) in [6.07, 6.45) is 0. The average molecular weight is 454 g/mol. The molecule has 170 valence electrons. The summed E-state index contributed by atoms with van der Waals surface area (Å²) in [6.45, 7) is 3.66. The maximum absolute atomic E-state index is 12.5. The molecule has 9 nitrogen and oxygen atoms in total. The summed E-state index contributed by atoms with van der Waals surface area (Å²) in [5.41, 5.74) is 6.95. The summed E-state index contributed by atoms with van der Waals surface area (Å²) in [5.74, 6) is 0.0846. The lowest BCUT2D eigenvalue weighted by atomic mass is 10.1. The van der Waals surface area contributed by atoms with Gasteiger partial charge in [0.15, 0.2) is 0 Å². The van der Waals surface area contributed by atoms with Crippen LogP contribution >= 0.6 is 0 Å². The zero-order valence-electron chi connectivity index (χ0n) is 18.8. The molecule has 1 heterocycles. The van der Waals surface area contributed by atoms with Gasteiger partial charge in [-0.2, -0.15) is 9.90 Å². The first-order valence-electron chi connectivity index (χ1n) is 10.6. The molecule has 0 atom stereocenters. The summed E-state index contributed by atoms with van der Waals surface area (Å²) in [5, 5.41) is 19.5. The number of hydrogen-bond donors (Lipinski definition) is 2. The molecule has 0 radical (unpaired) electrons. The third kappa shape index (κ3) is 5.77. The molecule has 1 aromatic heterocycles. The minimum absolute atomic E-state index is 0.153. The Morgan fingerprint density at radius 1 is 0.912 bits per heavy atom. The predicted molar refractivity (Wildman–Crippen MR) is 129 cm³/mol. The number of nitrogens with zero attached hydrogens (tertiary/aromatic N) is 5. The van der Waals surface area contributed by atoms with Crippen LogP contribution in [0.5, 0.6) is 0 Å². The van der Waals surface area contributed by atoms with Crippen molar-refractivity contribution in [3.8, 4) is 11.4 Å². The Bertz CT molecular complexity index is 1330. The normalized spacial score (nSPS) is 11.2. The van der Waals surface area contributed by atoms with Crippen molar-refractivity contribution in [1.29, 1.82) is 0 Å². The van der Waals surface area contributed by atoms with Crippen molar-refractivity contribution in [2.45, 2.75) is 20.4 Å². The zero-order chi connectivity index (χ0) is 23.9. The first-order chi connectivity index (χ1) is 16.5. The molecule has 34 heavy (non-hydrogen) atoms. The summed E-state index contributed by atoms with van der Waals surface area (Å²) >= 11 is 0. The van der Waals surface area contributed by atoms with Gasteiger partial charge in [-0.15, -0.1) is 10.2 Å². The van der Waals surface area contributed by atoms with E-state index in [1.54, 1.807) is 31.2 Å². The molecule has 0 saturated heterocycles. The number of hydrogen-bond acceptors (Lipinski definition) is 6. The van der Waals surface area contributed by atoms with Gasteiger partial charge in [0, 0.05) is 23.7 Å². The Balaban J connectivity index is 1.37. The van der Waals surface area contributed by atoms with Crippen LogP contribution in [0.1, 0.15) is 35.3 Å². The maximum atomic E-state index is 12.5. The van der Waals surface area contributed by atoms with Crippen molar-refractivity contribution in [3.63, 3.8) is 0 Å². The van der Waals surface area contributed by atoms with Crippen molar-refractivity contribution in [3.05, 3.63) is 95.6 Å². The summed E-state index contributed by atoms with van der Waals surface area (Å²) in [6, 6.07) is 24.0. The molecule has 4 aromatic rings. The fraction of sp³-hybridized carbons (Fsp3) is 0.120. The van der Waals surface area contributed by atoms with Crippen LogP contribution in [0.3, 0.4) is 0 Å². The smallest absolute Gasteiger partial charge is 0.271 e. The molecule has 0 unspecified atom stereocenters. The molecule has 0 fully saturated rings. The Morgan fingerprint density at radius 2 is 1.68 bits per heavy atom. The van der Waals surface area contributed by atoms with Crippen molar-refractivity contribution in [2.75, 3.05) is 5.32 Å². The van der Waals surface area contributed by atoms with Crippen molar-refractivity contribution in [2.24, 2.45) is 5.10 Å². The molecule has 0 spiro atoms. The molecular formula is C25H23N7O2. The fourth-order valence-electron chi connectivity index (χ4n) is 3.23. The fourth-order valence-corrected chi connectivity index (χ4v) is 3.23. The van der Waals surface area contributed by atoms with Gasteiger partial charge in [-0.1, -0.05) is 54.6 Å². The van der Waals surface area contributed by atoms with Crippen LogP contribution in [0, 0.1) is 0 Å². The van der Waals surface area contributed by atoms with Crippen molar-refractivity contribution in [1.82, 2.24) is 25.6 Å². The molecular weight excluding hydrogens is 430 g/mol. The standard InChI is InChI=1S/C25H23N7O2/c1-17(22-9-6-10-23(15-22)26-18(2)33)27-29-25(34)21-13-11-19(12-14-21)16-32-30-24(28-31-32)20-7-4-3-5-8-20/h3-15H,16H2,1-2H3,(H,26,33)(H,29,34)/b27-17+. The van der Waals surface area contributed by atoms with E-state index in [2.05, 4.69) is 31.3 Å². The van der Waals surface area contributed by atoms with E-state index < -0.39 is 0 Å². The minimum Gasteiger partial charge on any atom is -0.326 e. The quantitative estimate of drug-likeness (QED) is 0.328. The molecule has 0 saturated carbocycles. The summed E-state index contributed by atoms with van der Waals surface area (Å²) < 4.78 is 0. The van der Waals surface area contributed by atoms with Gasteiger partial charge in [0.05, 0.1) is 12.3 Å². The first kappa shape index (κ1) is 22.5. The van der Waals surface area contributed by atoms with Crippen LogP contribution in [-0.2, 0) is 11.3 Å². The number of tetrazole rings is 1. The van der Waals surface area contributed by atoms with E-state index in [0.29, 0.717) is 29.3 Å².